The van der Waals surface area contributed by atoms with E-state index in [0.717, 1.165) is 0 Å². The average Bonchev–Trinajstić information content (AvgIpc) is 3.50. The molecule has 2 heterocycles. The van der Waals surface area contributed by atoms with Gasteiger partial charge in [0.1, 0.15) is 6.61 Å². The number of benzene rings is 2. The van der Waals surface area contributed by atoms with E-state index in [1.165, 1.54) is 30.5 Å². The van der Waals surface area contributed by atoms with Crippen molar-refractivity contribution in [2.45, 2.75) is 0 Å². The molecule has 2 aromatic heterocycles. The Labute approximate surface area is 187 Å². The first-order valence-electron chi connectivity index (χ1n) is 9.84. The Morgan fingerprint density at radius 1 is 1.15 bits per heavy atom. The summed E-state index contributed by atoms with van der Waals surface area (Å²) in [4.78, 5) is 27.3. The Morgan fingerprint density at radius 2 is 1.97 bits per heavy atom. The van der Waals surface area contributed by atoms with Gasteiger partial charge in [-0.15, -0.1) is 5.10 Å². The highest BCUT2D eigenvalue weighted by Crippen LogP contribution is 2.25. The molecular formula is C22H19N5O6. The third kappa shape index (κ3) is 5.05. The molecule has 0 unspecified atom stereocenters. The SMILES string of the molecule is COCCOc1nc(-c2ccco2)n(-c2ccc(NC(=O)c3cccc([N+](=O)[O-])c3)cc2)n1. The third-order valence-electron chi connectivity index (χ3n) is 4.54. The summed E-state index contributed by atoms with van der Waals surface area (Å²) in [5.41, 5.74) is 1.19. The summed E-state index contributed by atoms with van der Waals surface area (Å²) in [6.45, 7) is 0.685. The first-order valence-corrected chi connectivity index (χ1v) is 9.84. The van der Waals surface area contributed by atoms with Crippen LogP contribution in [0.4, 0.5) is 11.4 Å². The van der Waals surface area contributed by atoms with Crippen molar-refractivity contribution in [2.24, 2.45) is 0 Å². The maximum atomic E-state index is 12.5. The number of ether oxygens (including phenoxy) is 2. The minimum Gasteiger partial charge on any atom is -0.461 e. The number of furan rings is 1. The third-order valence-corrected chi connectivity index (χ3v) is 4.54. The fraction of sp³-hybridized carbons (Fsp3) is 0.136. The Balaban J connectivity index is 1.55. The Bertz CT molecular complexity index is 1250. The van der Waals surface area contributed by atoms with Gasteiger partial charge in [0.15, 0.2) is 5.76 Å². The number of nitrogens with zero attached hydrogens (tertiary/aromatic N) is 4. The summed E-state index contributed by atoms with van der Waals surface area (Å²) in [5, 5.41) is 18.0. The van der Waals surface area contributed by atoms with E-state index in [9.17, 15) is 14.9 Å². The second-order valence-electron chi connectivity index (χ2n) is 6.76. The van der Waals surface area contributed by atoms with Crippen molar-refractivity contribution < 1.29 is 23.6 Å². The van der Waals surface area contributed by atoms with Crippen molar-refractivity contribution in [3.05, 3.63) is 82.6 Å². The van der Waals surface area contributed by atoms with Crippen LogP contribution in [0.2, 0.25) is 0 Å². The number of nitro groups is 1. The molecule has 0 aliphatic rings. The molecule has 0 spiro atoms. The van der Waals surface area contributed by atoms with Gasteiger partial charge in [0, 0.05) is 30.5 Å². The second-order valence-corrected chi connectivity index (χ2v) is 6.76. The maximum absolute atomic E-state index is 12.5. The standard InChI is InChI=1S/C22H19N5O6/c1-31-12-13-33-22-24-20(19-6-3-11-32-19)26(25-22)17-9-7-16(8-10-17)23-21(28)15-4-2-5-18(14-15)27(29)30/h2-11,14H,12-13H2,1H3,(H,23,28). The van der Waals surface area contributed by atoms with Crippen molar-refractivity contribution in [3.63, 3.8) is 0 Å². The summed E-state index contributed by atoms with van der Waals surface area (Å²) >= 11 is 0. The zero-order chi connectivity index (χ0) is 23.2. The minimum atomic E-state index is -0.548. The Hall–Kier alpha value is -4.51. The number of methoxy groups -OCH3 is 1. The van der Waals surface area contributed by atoms with Crippen LogP contribution in [0.15, 0.2) is 71.3 Å². The van der Waals surface area contributed by atoms with Gasteiger partial charge in [-0.2, -0.15) is 4.98 Å². The summed E-state index contributed by atoms with van der Waals surface area (Å²) < 4.78 is 17.5. The van der Waals surface area contributed by atoms with Crippen LogP contribution >= 0.6 is 0 Å². The highest BCUT2D eigenvalue weighted by Gasteiger charge is 2.17. The number of rotatable bonds is 9. The van der Waals surface area contributed by atoms with Gasteiger partial charge >= 0.3 is 6.01 Å². The smallest absolute Gasteiger partial charge is 0.336 e. The largest absolute Gasteiger partial charge is 0.461 e. The number of nitro benzene ring substituents is 1. The zero-order valence-corrected chi connectivity index (χ0v) is 17.5. The molecule has 168 valence electrons. The first-order chi connectivity index (χ1) is 16.0. The van der Waals surface area contributed by atoms with E-state index in [0.29, 0.717) is 36.2 Å². The molecule has 0 aliphatic heterocycles. The van der Waals surface area contributed by atoms with Crippen LogP contribution in [0, 0.1) is 10.1 Å². The van der Waals surface area contributed by atoms with Crippen LogP contribution in [0.3, 0.4) is 0 Å². The van der Waals surface area contributed by atoms with Crippen LogP contribution in [0.1, 0.15) is 10.4 Å². The molecular weight excluding hydrogens is 430 g/mol. The molecule has 0 atom stereocenters. The molecule has 11 nitrogen and oxygen atoms in total. The van der Waals surface area contributed by atoms with E-state index in [4.69, 9.17) is 13.9 Å². The molecule has 0 fully saturated rings. The highest BCUT2D eigenvalue weighted by molar-refractivity contribution is 6.04. The van der Waals surface area contributed by atoms with Gasteiger partial charge < -0.3 is 19.2 Å². The minimum absolute atomic E-state index is 0.154. The number of hydrogen-bond acceptors (Lipinski definition) is 8. The van der Waals surface area contributed by atoms with Crippen LogP contribution < -0.4 is 10.1 Å². The van der Waals surface area contributed by atoms with E-state index in [2.05, 4.69) is 15.4 Å². The predicted octanol–water partition coefficient (Wildman–Crippen LogP) is 3.71. The van der Waals surface area contributed by atoms with Crippen molar-refractivity contribution in [1.82, 2.24) is 14.8 Å². The number of aromatic nitrogens is 3. The van der Waals surface area contributed by atoms with E-state index in [1.54, 1.807) is 48.2 Å². The molecule has 4 rings (SSSR count). The lowest BCUT2D eigenvalue weighted by molar-refractivity contribution is -0.384. The second kappa shape index (κ2) is 9.75. The van der Waals surface area contributed by atoms with Gasteiger partial charge in [-0.25, -0.2) is 4.68 Å². The molecule has 0 aliphatic carbocycles. The number of anilines is 1. The molecule has 4 aromatic rings. The molecule has 33 heavy (non-hydrogen) atoms. The van der Waals surface area contributed by atoms with Gasteiger partial charge in [0.25, 0.3) is 11.6 Å². The molecule has 1 amide bonds. The van der Waals surface area contributed by atoms with Gasteiger partial charge in [-0.05, 0) is 42.5 Å². The van der Waals surface area contributed by atoms with Gasteiger partial charge in [-0.3, -0.25) is 14.9 Å². The number of nitrogens with one attached hydrogen (secondary N) is 1. The molecule has 2 aromatic carbocycles. The van der Waals surface area contributed by atoms with Crippen molar-refractivity contribution in [2.75, 3.05) is 25.6 Å². The lowest BCUT2D eigenvalue weighted by Crippen LogP contribution is -2.12. The number of carbonyl (C=O) groups excluding carboxylic acids is 1. The van der Waals surface area contributed by atoms with E-state index in [1.807, 2.05) is 0 Å². The van der Waals surface area contributed by atoms with Crippen molar-refractivity contribution in [1.29, 1.82) is 0 Å². The van der Waals surface area contributed by atoms with Crippen molar-refractivity contribution in [3.8, 4) is 23.3 Å². The van der Waals surface area contributed by atoms with E-state index in [-0.39, 0.29) is 17.3 Å². The summed E-state index contributed by atoms with van der Waals surface area (Å²) in [6, 6.07) is 16.0. The molecule has 11 heteroatoms. The molecule has 0 bridgehead atoms. The molecule has 0 saturated heterocycles. The fourth-order valence-corrected chi connectivity index (χ4v) is 2.97. The number of carbonyl (C=O) groups is 1. The normalized spacial score (nSPS) is 10.7. The van der Waals surface area contributed by atoms with Gasteiger partial charge in [0.2, 0.25) is 5.82 Å². The number of hydrogen-bond donors (Lipinski definition) is 1. The topological polar surface area (TPSA) is 135 Å². The number of amides is 1. The van der Waals surface area contributed by atoms with Crippen LogP contribution in [0.5, 0.6) is 6.01 Å². The highest BCUT2D eigenvalue weighted by atomic mass is 16.6. The predicted molar refractivity (Wildman–Crippen MR) is 117 cm³/mol. The van der Waals surface area contributed by atoms with Crippen LogP contribution in [-0.2, 0) is 4.74 Å². The average molecular weight is 449 g/mol. The van der Waals surface area contributed by atoms with E-state index < -0.39 is 10.8 Å². The van der Waals surface area contributed by atoms with Crippen LogP contribution in [0.25, 0.3) is 17.3 Å². The van der Waals surface area contributed by atoms with Gasteiger partial charge in [-0.1, -0.05) is 6.07 Å². The van der Waals surface area contributed by atoms with Gasteiger partial charge in [0.05, 0.1) is 23.5 Å². The summed E-state index contributed by atoms with van der Waals surface area (Å²) in [6.07, 6.45) is 1.53. The first kappa shape index (κ1) is 21.7. The molecule has 0 saturated carbocycles. The van der Waals surface area contributed by atoms with E-state index >= 15 is 0 Å². The summed E-state index contributed by atoms with van der Waals surface area (Å²) in [7, 11) is 1.57. The number of non-ortho nitro benzene ring substituents is 1. The Kier molecular flexibility index (Phi) is 6.41. The molecule has 1 N–H and O–H groups in total. The van der Waals surface area contributed by atoms with Crippen LogP contribution in [-0.4, -0.2) is 45.9 Å². The quantitative estimate of drug-likeness (QED) is 0.232. The lowest BCUT2D eigenvalue weighted by Gasteiger charge is -2.08. The lowest BCUT2D eigenvalue weighted by atomic mass is 10.2. The zero-order valence-electron chi connectivity index (χ0n) is 17.5. The van der Waals surface area contributed by atoms with Crippen molar-refractivity contribution >= 4 is 17.3 Å². The fourth-order valence-electron chi connectivity index (χ4n) is 2.97. The maximum Gasteiger partial charge on any atom is 0.336 e. The Morgan fingerprint density at radius 3 is 2.67 bits per heavy atom. The monoisotopic (exact) mass is 449 g/mol. The summed E-state index contributed by atoms with van der Waals surface area (Å²) in [5.74, 6) is 0.491. The molecule has 0 radical (unpaired) electrons.